The number of nitrogens with two attached hydrogens (primary N) is 1. The predicted octanol–water partition coefficient (Wildman–Crippen LogP) is 2.13. The molecular weight excluding hydrogens is 230 g/mol. The fourth-order valence-electron chi connectivity index (χ4n) is 2.49. The van der Waals surface area contributed by atoms with Gasteiger partial charge in [0.25, 0.3) is 0 Å². The van der Waals surface area contributed by atoms with Crippen molar-refractivity contribution in [1.29, 1.82) is 0 Å². The Morgan fingerprint density at radius 2 is 1.94 bits per heavy atom. The van der Waals surface area contributed by atoms with Gasteiger partial charge >= 0.3 is 0 Å². The quantitative estimate of drug-likeness (QED) is 0.890. The lowest BCUT2D eigenvalue weighted by atomic mass is 9.88. The molecule has 0 amide bonds. The summed E-state index contributed by atoms with van der Waals surface area (Å²) in [5.74, 6) is 1.89. The van der Waals surface area contributed by atoms with Gasteiger partial charge in [0.05, 0.1) is 26.4 Å². The van der Waals surface area contributed by atoms with Crippen molar-refractivity contribution < 1.29 is 14.2 Å². The van der Waals surface area contributed by atoms with Crippen LogP contribution in [0.15, 0.2) is 18.2 Å². The van der Waals surface area contributed by atoms with E-state index in [4.69, 9.17) is 19.9 Å². The molecule has 2 rings (SSSR count). The van der Waals surface area contributed by atoms with Crippen LogP contribution in [0.5, 0.6) is 11.5 Å². The van der Waals surface area contributed by atoms with Gasteiger partial charge in [0, 0.05) is 18.6 Å². The molecule has 1 aromatic rings. The monoisotopic (exact) mass is 251 g/mol. The van der Waals surface area contributed by atoms with Crippen molar-refractivity contribution in [1.82, 2.24) is 0 Å². The third-order valence-electron chi connectivity index (χ3n) is 3.50. The maximum absolute atomic E-state index is 6.38. The molecule has 1 aliphatic heterocycles. The molecule has 0 aliphatic carbocycles. The van der Waals surface area contributed by atoms with Gasteiger partial charge in [-0.1, -0.05) is 6.07 Å². The van der Waals surface area contributed by atoms with Gasteiger partial charge in [-0.15, -0.1) is 0 Å². The Hall–Kier alpha value is -1.26. The highest BCUT2D eigenvalue weighted by Crippen LogP contribution is 2.38. The highest BCUT2D eigenvalue weighted by molar-refractivity contribution is 5.47. The highest BCUT2D eigenvalue weighted by Gasteiger charge is 2.27. The van der Waals surface area contributed by atoms with Gasteiger partial charge in [-0.2, -0.15) is 0 Å². The van der Waals surface area contributed by atoms with E-state index in [1.54, 1.807) is 14.2 Å². The summed E-state index contributed by atoms with van der Waals surface area (Å²) in [5, 5.41) is 0. The van der Waals surface area contributed by atoms with Crippen molar-refractivity contribution in [2.24, 2.45) is 11.7 Å². The lowest BCUT2D eigenvalue weighted by molar-refractivity contribution is 0.0441. The van der Waals surface area contributed by atoms with Crippen LogP contribution in [0.1, 0.15) is 24.4 Å². The fourth-order valence-corrected chi connectivity index (χ4v) is 2.49. The van der Waals surface area contributed by atoms with Crippen LogP contribution in [0.4, 0.5) is 0 Å². The molecule has 0 saturated carbocycles. The molecule has 1 saturated heterocycles. The van der Waals surface area contributed by atoms with E-state index in [1.165, 1.54) is 0 Å². The van der Waals surface area contributed by atoms with Gasteiger partial charge in [0.2, 0.25) is 0 Å². The zero-order chi connectivity index (χ0) is 13.0. The maximum atomic E-state index is 6.38. The number of hydrogen-bond acceptors (Lipinski definition) is 4. The van der Waals surface area contributed by atoms with Crippen molar-refractivity contribution in [2.75, 3.05) is 27.4 Å². The summed E-state index contributed by atoms with van der Waals surface area (Å²) in [7, 11) is 3.31. The van der Waals surface area contributed by atoms with E-state index < -0.39 is 0 Å². The third-order valence-corrected chi connectivity index (χ3v) is 3.50. The second kappa shape index (κ2) is 6.07. The Morgan fingerprint density at radius 3 is 2.44 bits per heavy atom. The first-order valence-electron chi connectivity index (χ1n) is 6.32. The van der Waals surface area contributed by atoms with E-state index in [0.29, 0.717) is 12.5 Å². The number of hydrogen-bond donors (Lipinski definition) is 1. The summed E-state index contributed by atoms with van der Waals surface area (Å²) < 4.78 is 16.3. The topological polar surface area (TPSA) is 53.7 Å². The van der Waals surface area contributed by atoms with Crippen LogP contribution < -0.4 is 15.2 Å². The maximum Gasteiger partial charge on any atom is 0.127 e. The average molecular weight is 251 g/mol. The molecule has 1 aliphatic rings. The van der Waals surface area contributed by atoms with Crippen LogP contribution >= 0.6 is 0 Å². The summed E-state index contributed by atoms with van der Waals surface area (Å²) in [6.45, 7) is 1.55. The fraction of sp³-hybridized carbons (Fsp3) is 0.571. The SMILES string of the molecule is COc1cccc(OC)c1C(N)C1CCCOC1. The first-order valence-corrected chi connectivity index (χ1v) is 6.32. The molecule has 2 unspecified atom stereocenters. The Bertz CT molecular complexity index is 366. The molecule has 4 heteroatoms. The Kier molecular flexibility index (Phi) is 4.44. The first-order chi connectivity index (χ1) is 8.77. The summed E-state index contributed by atoms with van der Waals surface area (Å²) in [6, 6.07) is 5.63. The minimum atomic E-state index is -0.114. The molecule has 18 heavy (non-hydrogen) atoms. The summed E-state index contributed by atoms with van der Waals surface area (Å²) in [4.78, 5) is 0. The van der Waals surface area contributed by atoms with Gasteiger partial charge in [-0.05, 0) is 25.0 Å². The molecular formula is C14H21NO3. The van der Waals surface area contributed by atoms with Crippen LogP contribution in [0, 0.1) is 5.92 Å². The van der Waals surface area contributed by atoms with Crippen molar-refractivity contribution >= 4 is 0 Å². The molecule has 2 N–H and O–H groups in total. The summed E-state index contributed by atoms with van der Waals surface area (Å²) in [5.41, 5.74) is 7.33. The molecule has 1 aromatic carbocycles. The first kappa shape index (κ1) is 13.2. The van der Waals surface area contributed by atoms with Crippen LogP contribution in [-0.2, 0) is 4.74 Å². The summed E-state index contributed by atoms with van der Waals surface area (Å²) in [6.07, 6.45) is 2.15. The average Bonchev–Trinajstić information content (AvgIpc) is 2.46. The summed E-state index contributed by atoms with van der Waals surface area (Å²) >= 11 is 0. The predicted molar refractivity (Wildman–Crippen MR) is 70.0 cm³/mol. The minimum absolute atomic E-state index is 0.114. The molecule has 0 aromatic heterocycles. The Morgan fingerprint density at radius 1 is 1.28 bits per heavy atom. The lowest BCUT2D eigenvalue weighted by Crippen LogP contribution is -2.29. The second-order valence-corrected chi connectivity index (χ2v) is 4.58. The number of benzene rings is 1. The molecule has 4 nitrogen and oxygen atoms in total. The van der Waals surface area contributed by atoms with Gasteiger partial charge in [-0.3, -0.25) is 0 Å². The second-order valence-electron chi connectivity index (χ2n) is 4.58. The normalized spacial score (nSPS) is 21.4. The van der Waals surface area contributed by atoms with Crippen LogP contribution in [0.25, 0.3) is 0 Å². The van der Waals surface area contributed by atoms with Crippen molar-refractivity contribution in [2.45, 2.75) is 18.9 Å². The third kappa shape index (κ3) is 2.60. The van der Waals surface area contributed by atoms with E-state index in [2.05, 4.69) is 0 Å². The molecule has 0 spiro atoms. The van der Waals surface area contributed by atoms with Crippen molar-refractivity contribution in [3.8, 4) is 11.5 Å². The van der Waals surface area contributed by atoms with Crippen molar-refractivity contribution in [3.05, 3.63) is 23.8 Å². The molecule has 100 valence electrons. The van der Waals surface area contributed by atoms with Gasteiger partial charge < -0.3 is 19.9 Å². The smallest absolute Gasteiger partial charge is 0.127 e. The van der Waals surface area contributed by atoms with Crippen molar-refractivity contribution in [3.63, 3.8) is 0 Å². The number of ether oxygens (including phenoxy) is 3. The van der Waals surface area contributed by atoms with Crippen LogP contribution in [-0.4, -0.2) is 27.4 Å². The largest absolute Gasteiger partial charge is 0.496 e. The number of methoxy groups -OCH3 is 2. The van der Waals surface area contributed by atoms with Gasteiger partial charge in [-0.25, -0.2) is 0 Å². The van der Waals surface area contributed by atoms with E-state index >= 15 is 0 Å². The Labute approximate surface area is 108 Å². The van der Waals surface area contributed by atoms with Gasteiger partial charge in [0.15, 0.2) is 0 Å². The molecule has 1 heterocycles. The standard InChI is InChI=1S/C14H21NO3/c1-16-11-6-3-7-12(17-2)13(11)14(15)10-5-4-8-18-9-10/h3,6-7,10,14H,4-5,8-9,15H2,1-2H3. The molecule has 1 fully saturated rings. The van der Waals surface area contributed by atoms with Crippen LogP contribution in [0.3, 0.4) is 0 Å². The number of rotatable bonds is 4. The van der Waals surface area contributed by atoms with E-state index in [-0.39, 0.29) is 6.04 Å². The van der Waals surface area contributed by atoms with Crippen LogP contribution in [0.2, 0.25) is 0 Å². The molecule has 0 bridgehead atoms. The van der Waals surface area contributed by atoms with E-state index in [9.17, 15) is 0 Å². The lowest BCUT2D eigenvalue weighted by Gasteiger charge is -2.29. The highest BCUT2D eigenvalue weighted by atomic mass is 16.5. The Balaban J connectivity index is 2.29. The molecule has 2 atom stereocenters. The molecule has 0 radical (unpaired) electrons. The zero-order valence-corrected chi connectivity index (χ0v) is 11.0. The van der Waals surface area contributed by atoms with E-state index in [1.807, 2.05) is 18.2 Å². The zero-order valence-electron chi connectivity index (χ0n) is 11.0. The van der Waals surface area contributed by atoms with E-state index in [0.717, 1.165) is 36.5 Å². The van der Waals surface area contributed by atoms with Gasteiger partial charge in [0.1, 0.15) is 11.5 Å². The minimum Gasteiger partial charge on any atom is -0.496 e.